The van der Waals surface area contributed by atoms with Gasteiger partial charge in [0.1, 0.15) is 0 Å². The molecule has 0 aromatic heterocycles. The van der Waals surface area contributed by atoms with E-state index in [9.17, 15) is 9.59 Å². The smallest absolute Gasteiger partial charge is 0.240 e. The molecular formula is C17H21N3O2. The van der Waals surface area contributed by atoms with Crippen molar-refractivity contribution in [2.45, 2.75) is 51.0 Å². The average Bonchev–Trinajstić information content (AvgIpc) is 2.55. The number of fused-ring (bicyclic) bond motifs is 1. The number of aryl methyl sites for hydroxylation is 1. The second-order valence-corrected chi connectivity index (χ2v) is 5.92. The van der Waals surface area contributed by atoms with Gasteiger partial charge in [0, 0.05) is 18.6 Å². The van der Waals surface area contributed by atoms with E-state index >= 15 is 0 Å². The van der Waals surface area contributed by atoms with Crippen LogP contribution in [0.3, 0.4) is 0 Å². The van der Waals surface area contributed by atoms with Gasteiger partial charge in [0.25, 0.3) is 0 Å². The molecule has 1 aromatic rings. The molecule has 1 aliphatic carbocycles. The lowest BCUT2D eigenvalue weighted by Gasteiger charge is -2.26. The number of benzene rings is 1. The second-order valence-electron chi connectivity index (χ2n) is 5.92. The summed E-state index contributed by atoms with van der Waals surface area (Å²) in [5, 5.41) is 7.14. The van der Waals surface area contributed by atoms with E-state index in [2.05, 4.69) is 34.0 Å². The predicted octanol–water partition coefficient (Wildman–Crippen LogP) is 2.23. The third kappa shape index (κ3) is 3.53. The molecule has 0 bridgehead atoms. The Morgan fingerprint density at radius 1 is 1.27 bits per heavy atom. The molecule has 2 N–H and O–H groups in total. The molecule has 5 nitrogen and oxygen atoms in total. The molecule has 0 saturated carbocycles. The minimum Gasteiger partial charge on any atom is -0.349 e. The molecule has 1 atom stereocenters. The fourth-order valence-corrected chi connectivity index (χ4v) is 3.12. The molecule has 2 aliphatic rings. The van der Waals surface area contributed by atoms with Crippen LogP contribution in [-0.2, 0) is 16.0 Å². The average molecular weight is 299 g/mol. The first-order valence-corrected chi connectivity index (χ1v) is 7.94. The van der Waals surface area contributed by atoms with E-state index in [1.165, 1.54) is 11.1 Å². The number of hydrazone groups is 1. The third-order valence-corrected chi connectivity index (χ3v) is 4.32. The summed E-state index contributed by atoms with van der Waals surface area (Å²) in [6.45, 7) is 0. The highest BCUT2D eigenvalue weighted by Crippen LogP contribution is 2.29. The Hall–Kier alpha value is -2.17. The van der Waals surface area contributed by atoms with Gasteiger partial charge in [-0.05, 0) is 43.2 Å². The van der Waals surface area contributed by atoms with E-state index in [-0.39, 0.29) is 17.9 Å². The summed E-state index contributed by atoms with van der Waals surface area (Å²) >= 11 is 0. The molecule has 22 heavy (non-hydrogen) atoms. The van der Waals surface area contributed by atoms with Gasteiger partial charge in [0.15, 0.2) is 0 Å². The fourth-order valence-electron chi connectivity index (χ4n) is 3.12. The zero-order valence-electron chi connectivity index (χ0n) is 12.6. The lowest BCUT2D eigenvalue weighted by atomic mass is 9.87. The maximum absolute atomic E-state index is 12.2. The Morgan fingerprint density at radius 3 is 2.95 bits per heavy atom. The van der Waals surface area contributed by atoms with Gasteiger partial charge in [-0.15, -0.1) is 0 Å². The summed E-state index contributed by atoms with van der Waals surface area (Å²) in [5.74, 6) is 0.00770. The van der Waals surface area contributed by atoms with Crippen molar-refractivity contribution in [1.82, 2.24) is 10.7 Å². The molecule has 0 spiro atoms. The SMILES string of the molecule is O=C1CCC(CCC(=O)N[C@H]2CCCc3ccccc32)=NN1. The molecule has 2 amide bonds. The molecule has 0 fully saturated rings. The van der Waals surface area contributed by atoms with Gasteiger partial charge in [-0.25, -0.2) is 5.43 Å². The van der Waals surface area contributed by atoms with Crippen molar-refractivity contribution in [2.75, 3.05) is 0 Å². The highest BCUT2D eigenvalue weighted by atomic mass is 16.2. The first kappa shape index (κ1) is 14.8. The van der Waals surface area contributed by atoms with E-state index in [0.29, 0.717) is 25.7 Å². The second kappa shape index (κ2) is 6.73. The van der Waals surface area contributed by atoms with E-state index in [1.807, 2.05) is 6.07 Å². The number of carbonyl (C=O) groups excluding carboxylic acids is 2. The van der Waals surface area contributed by atoms with Gasteiger partial charge in [-0.2, -0.15) is 5.10 Å². The fraction of sp³-hybridized carbons (Fsp3) is 0.471. The molecule has 1 aromatic carbocycles. The van der Waals surface area contributed by atoms with Crippen LogP contribution in [0.25, 0.3) is 0 Å². The molecule has 0 unspecified atom stereocenters. The monoisotopic (exact) mass is 299 g/mol. The molecule has 116 valence electrons. The highest BCUT2D eigenvalue weighted by molar-refractivity contribution is 5.94. The summed E-state index contributed by atoms with van der Waals surface area (Å²) < 4.78 is 0. The topological polar surface area (TPSA) is 70.6 Å². The van der Waals surface area contributed by atoms with Gasteiger partial charge >= 0.3 is 0 Å². The molecule has 0 radical (unpaired) electrons. The summed E-state index contributed by atoms with van der Waals surface area (Å²) in [6, 6.07) is 8.47. The first-order valence-electron chi connectivity index (χ1n) is 7.94. The van der Waals surface area contributed by atoms with Gasteiger partial charge in [-0.1, -0.05) is 24.3 Å². The Labute approximate surface area is 130 Å². The number of carbonyl (C=O) groups is 2. The van der Waals surface area contributed by atoms with Gasteiger partial charge < -0.3 is 5.32 Å². The summed E-state index contributed by atoms with van der Waals surface area (Å²) in [5.41, 5.74) is 5.97. The molecular weight excluding hydrogens is 278 g/mol. The zero-order chi connectivity index (χ0) is 15.4. The summed E-state index contributed by atoms with van der Waals surface area (Å²) in [4.78, 5) is 23.2. The Balaban J connectivity index is 1.53. The van der Waals surface area contributed by atoms with Gasteiger partial charge in [0.2, 0.25) is 11.8 Å². The molecule has 5 heteroatoms. The number of nitrogens with zero attached hydrogens (tertiary/aromatic N) is 1. The van der Waals surface area contributed by atoms with E-state index < -0.39 is 0 Å². The van der Waals surface area contributed by atoms with Crippen LogP contribution in [0.4, 0.5) is 0 Å². The van der Waals surface area contributed by atoms with Crippen molar-refractivity contribution in [2.24, 2.45) is 5.10 Å². The molecule has 1 aliphatic heterocycles. The number of hydrogen-bond donors (Lipinski definition) is 2. The highest BCUT2D eigenvalue weighted by Gasteiger charge is 2.21. The lowest BCUT2D eigenvalue weighted by molar-refractivity contribution is -0.122. The molecule has 1 heterocycles. The standard InChI is InChI=1S/C17H21N3O2/c21-16(10-8-13-9-11-17(22)20-19-13)18-15-7-3-5-12-4-1-2-6-14(12)15/h1-2,4,6,15H,3,5,7-11H2,(H,18,21)(H,20,22)/t15-/m0/s1. The zero-order valence-corrected chi connectivity index (χ0v) is 12.6. The van der Waals surface area contributed by atoms with Gasteiger partial charge in [-0.3, -0.25) is 9.59 Å². The Morgan fingerprint density at radius 2 is 2.14 bits per heavy atom. The van der Waals surface area contributed by atoms with Crippen LogP contribution >= 0.6 is 0 Å². The van der Waals surface area contributed by atoms with Gasteiger partial charge in [0.05, 0.1) is 6.04 Å². The minimum atomic E-state index is -0.0491. The number of rotatable bonds is 4. The van der Waals surface area contributed by atoms with Crippen LogP contribution in [0.5, 0.6) is 0 Å². The van der Waals surface area contributed by atoms with Crippen molar-refractivity contribution < 1.29 is 9.59 Å². The Kier molecular flexibility index (Phi) is 4.51. The quantitative estimate of drug-likeness (QED) is 0.895. The van der Waals surface area contributed by atoms with Crippen molar-refractivity contribution in [3.05, 3.63) is 35.4 Å². The normalized spacial score (nSPS) is 20.6. The van der Waals surface area contributed by atoms with Crippen molar-refractivity contribution >= 4 is 17.5 Å². The molecule has 0 saturated heterocycles. The number of hydrogen-bond acceptors (Lipinski definition) is 3. The predicted molar refractivity (Wildman–Crippen MR) is 84.3 cm³/mol. The van der Waals surface area contributed by atoms with E-state index in [0.717, 1.165) is 25.0 Å². The van der Waals surface area contributed by atoms with Crippen LogP contribution in [0.15, 0.2) is 29.4 Å². The largest absolute Gasteiger partial charge is 0.349 e. The summed E-state index contributed by atoms with van der Waals surface area (Å²) in [7, 11) is 0. The maximum Gasteiger partial charge on any atom is 0.240 e. The lowest BCUT2D eigenvalue weighted by Crippen LogP contribution is -2.32. The van der Waals surface area contributed by atoms with Crippen LogP contribution in [0.2, 0.25) is 0 Å². The van der Waals surface area contributed by atoms with E-state index in [4.69, 9.17) is 0 Å². The molecule has 3 rings (SSSR count). The number of amides is 2. The number of nitrogens with one attached hydrogen (secondary N) is 2. The van der Waals surface area contributed by atoms with Crippen LogP contribution < -0.4 is 10.7 Å². The third-order valence-electron chi connectivity index (χ3n) is 4.32. The first-order chi connectivity index (χ1) is 10.7. The maximum atomic E-state index is 12.2. The van der Waals surface area contributed by atoms with Crippen LogP contribution in [-0.4, -0.2) is 17.5 Å². The van der Waals surface area contributed by atoms with Crippen LogP contribution in [0, 0.1) is 0 Å². The van der Waals surface area contributed by atoms with Crippen molar-refractivity contribution in [1.29, 1.82) is 0 Å². The summed E-state index contributed by atoms with van der Waals surface area (Å²) in [6.07, 6.45) is 5.37. The Bertz CT molecular complexity index is 610. The van der Waals surface area contributed by atoms with Crippen molar-refractivity contribution in [3.63, 3.8) is 0 Å². The van der Waals surface area contributed by atoms with E-state index in [1.54, 1.807) is 0 Å². The minimum absolute atomic E-state index is 0.0491. The van der Waals surface area contributed by atoms with Crippen LogP contribution in [0.1, 0.15) is 55.7 Å². The van der Waals surface area contributed by atoms with Crippen molar-refractivity contribution in [3.8, 4) is 0 Å².